The van der Waals surface area contributed by atoms with Gasteiger partial charge in [0.2, 0.25) is 0 Å². The summed E-state index contributed by atoms with van der Waals surface area (Å²) in [5.74, 6) is 0.0963. The molecule has 2 unspecified atom stereocenters. The second-order valence-electron chi connectivity index (χ2n) is 10.0. The van der Waals surface area contributed by atoms with Crippen molar-refractivity contribution in [2.75, 3.05) is 4.90 Å². The average molecular weight is 486 g/mol. The summed E-state index contributed by atoms with van der Waals surface area (Å²) >= 11 is 0. The predicted octanol–water partition coefficient (Wildman–Crippen LogP) is 7.53. The summed E-state index contributed by atoms with van der Waals surface area (Å²) in [5.41, 5.74) is 5.48. The molecule has 1 heterocycles. The Morgan fingerprint density at radius 3 is 1.86 bits per heavy atom. The molecule has 182 valence electrons. The highest BCUT2D eigenvalue weighted by Crippen LogP contribution is 2.50. The average Bonchev–Trinajstić information content (AvgIpc) is 2.87. The first kappa shape index (κ1) is 25.0. The van der Waals surface area contributed by atoms with Crippen molar-refractivity contribution in [1.29, 1.82) is 0 Å². The van der Waals surface area contributed by atoms with Crippen LogP contribution in [0.2, 0.25) is 0 Å². The Hall–Kier alpha value is -3.11. The quantitative estimate of drug-likeness (QED) is 0.325. The van der Waals surface area contributed by atoms with E-state index in [1.54, 1.807) is 13.0 Å². The van der Waals surface area contributed by atoms with Crippen LogP contribution in [0.3, 0.4) is 0 Å². The molecular formula is C31H35NO2S. The van der Waals surface area contributed by atoms with Crippen LogP contribution >= 0.6 is 0 Å². The van der Waals surface area contributed by atoms with Crippen LogP contribution in [0.15, 0.2) is 102 Å². The smallest absolute Gasteiger partial charge is 0.182 e. The molecule has 3 nitrogen and oxygen atoms in total. The molecule has 0 fully saturated rings. The van der Waals surface area contributed by atoms with Crippen LogP contribution in [0, 0.1) is 0 Å². The molecule has 0 saturated heterocycles. The summed E-state index contributed by atoms with van der Waals surface area (Å²) in [6.45, 7) is 14.3. The molecule has 0 N–H and O–H groups in total. The van der Waals surface area contributed by atoms with Crippen molar-refractivity contribution in [3.8, 4) is 0 Å². The zero-order valence-corrected chi connectivity index (χ0v) is 22.1. The van der Waals surface area contributed by atoms with Gasteiger partial charge in [0, 0.05) is 22.8 Å². The number of hydrogen-bond acceptors (Lipinski definition) is 3. The highest BCUT2D eigenvalue weighted by molar-refractivity contribution is 7.96. The largest absolute Gasteiger partial charge is 0.337 e. The number of rotatable bonds is 7. The Labute approximate surface area is 210 Å². The SMILES string of the molecule is C=C(/C=C\C(C)c1ccccc1)S(=O)(=O)C(C)[C@@H](C)N1c2ccccc2C(C)(C)c2ccccc21. The Morgan fingerprint density at radius 2 is 1.31 bits per heavy atom. The molecule has 0 spiro atoms. The van der Waals surface area contributed by atoms with Crippen molar-refractivity contribution in [2.45, 2.75) is 57.2 Å². The van der Waals surface area contributed by atoms with Crippen LogP contribution in [0.4, 0.5) is 11.4 Å². The molecule has 3 aromatic carbocycles. The van der Waals surface area contributed by atoms with Crippen LogP contribution < -0.4 is 4.90 Å². The van der Waals surface area contributed by atoms with Gasteiger partial charge in [0.1, 0.15) is 0 Å². The minimum Gasteiger partial charge on any atom is -0.337 e. The van der Waals surface area contributed by atoms with E-state index in [0.29, 0.717) is 0 Å². The van der Waals surface area contributed by atoms with E-state index in [4.69, 9.17) is 0 Å². The maximum absolute atomic E-state index is 13.6. The van der Waals surface area contributed by atoms with Crippen molar-refractivity contribution in [3.05, 3.63) is 119 Å². The van der Waals surface area contributed by atoms with Gasteiger partial charge in [0.25, 0.3) is 0 Å². The molecule has 1 aliphatic heterocycles. The number of nitrogens with zero attached hydrogens (tertiary/aromatic N) is 1. The van der Waals surface area contributed by atoms with Crippen molar-refractivity contribution in [3.63, 3.8) is 0 Å². The summed E-state index contributed by atoms with van der Waals surface area (Å²) < 4.78 is 27.3. The topological polar surface area (TPSA) is 37.4 Å². The third-order valence-electron chi connectivity index (χ3n) is 7.51. The lowest BCUT2D eigenvalue weighted by atomic mass is 9.73. The van der Waals surface area contributed by atoms with Gasteiger partial charge in [0.05, 0.1) is 10.2 Å². The van der Waals surface area contributed by atoms with E-state index >= 15 is 0 Å². The third-order valence-corrected chi connectivity index (χ3v) is 9.75. The van der Waals surface area contributed by atoms with Crippen molar-refractivity contribution < 1.29 is 8.42 Å². The molecule has 0 bridgehead atoms. The highest BCUT2D eigenvalue weighted by atomic mass is 32.2. The van der Waals surface area contributed by atoms with E-state index in [9.17, 15) is 8.42 Å². The first-order chi connectivity index (χ1) is 16.6. The van der Waals surface area contributed by atoms with Gasteiger partial charge >= 0.3 is 0 Å². The van der Waals surface area contributed by atoms with E-state index < -0.39 is 15.1 Å². The predicted molar refractivity (Wildman–Crippen MR) is 148 cm³/mol. The normalized spacial score (nSPS) is 17.3. The molecule has 0 aromatic heterocycles. The van der Waals surface area contributed by atoms with Crippen LogP contribution in [0.25, 0.3) is 0 Å². The van der Waals surface area contributed by atoms with Crippen molar-refractivity contribution in [2.24, 2.45) is 0 Å². The van der Waals surface area contributed by atoms with E-state index in [2.05, 4.69) is 68.6 Å². The van der Waals surface area contributed by atoms with E-state index in [0.717, 1.165) is 16.9 Å². The maximum atomic E-state index is 13.6. The molecule has 4 rings (SSSR count). The molecule has 4 heteroatoms. The number of anilines is 2. The first-order valence-electron chi connectivity index (χ1n) is 12.2. The fourth-order valence-electron chi connectivity index (χ4n) is 5.06. The maximum Gasteiger partial charge on any atom is 0.182 e. The third kappa shape index (κ3) is 4.48. The Bertz CT molecular complexity index is 1310. The van der Waals surface area contributed by atoms with Gasteiger partial charge in [0.15, 0.2) is 9.84 Å². The Kier molecular flexibility index (Phi) is 6.79. The zero-order chi connectivity index (χ0) is 25.4. The Morgan fingerprint density at radius 1 is 0.829 bits per heavy atom. The lowest BCUT2D eigenvalue weighted by Gasteiger charge is -2.45. The second-order valence-corrected chi connectivity index (χ2v) is 12.4. The van der Waals surface area contributed by atoms with Crippen molar-refractivity contribution >= 4 is 21.2 Å². The fourth-order valence-corrected chi connectivity index (χ4v) is 6.45. The summed E-state index contributed by atoms with van der Waals surface area (Å²) in [7, 11) is -3.62. The summed E-state index contributed by atoms with van der Waals surface area (Å²) in [5, 5.41) is -0.658. The lowest BCUT2D eigenvalue weighted by molar-refractivity contribution is 0.562. The molecule has 3 aromatic rings. The molecular weight excluding hydrogens is 450 g/mol. The van der Waals surface area contributed by atoms with Crippen LogP contribution in [-0.4, -0.2) is 19.7 Å². The minimum absolute atomic E-state index is 0.0963. The molecule has 0 amide bonds. The molecule has 35 heavy (non-hydrogen) atoms. The number of fused-ring (bicyclic) bond motifs is 2. The molecule has 0 radical (unpaired) electrons. The van der Waals surface area contributed by atoms with Gasteiger partial charge in [-0.05, 0) is 54.7 Å². The summed E-state index contributed by atoms with van der Waals surface area (Å²) in [6, 6.07) is 26.4. The van der Waals surface area contributed by atoms with Gasteiger partial charge in [-0.3, -0.25) is 0 Å². The van der Waals surface area contributed by atoms with Crippen LogP contribution in [0.1, 0.15) is 57.2 Å². The zero-order valence-electron chi connectivity index (χ0n) is 21.3. The van der Waals surface area contributed by atoms with E-state index in [1.165, 1.54) is 11.1 Å². The molecule has 0 saturated carbocycles. The number of para-hydroxylation sites is 2. The monoisotopic (exact) mass is 485 g/mol. The van der Waals surface area contributed by atoms with Gasteiger partial charge in [-0.1, -0.05) is 100 Å². The summed E-state index contributed by atoms with van der Waals surface area (Å²) in [6.07, 6.45) is 3.58. The second kappa shape index (κ2) is 9.50. The Balaban J connectivity index is 1.66. The number of benzene rings is 3. The van der Waals surface area contributed by atoms with Crippen LogP contribution in [-0.2, 0) is 15.3 Å². The first-order valence-corrected chi connectivity index (χ1v) is 13.8. The molecule has 1 aliphatic rings. The fraction of sp³-hybridized carbons (Fsp3) is 0.290. The summed E-state index contributed by atoms with van der Waals surface area (Å²) in [4.78, 5) is 2.35. The number of hydrogen-bond donors (Lipinski definition) is 0. The van der Waals surface area contributed by atoms with Gasteiger partial charge in [-0.2, -0.15) is 0 Å². The molecule has 3 atom stereocenters. The number of allylic oxidation sites excluding steroid dienone is 2. The minimum atomic E-state index is -3.62. The van der Waals surface area contributed by atoms with Gasteiger partial charge in [-0.25, -0.2) is 8.42 Å². The van der Waals surface area contributed by atoms with Crippen molar-refractivity contribution in [1.82, 2.24) is 0 Å². The van der Waals surface area contributed by atoms with Gasteiger partial charge < -0.3 is 4.90 Å². The highest BCUT2D eigenvalue weighted by Gasteiger charge is 2.40. The van der Waals surface area contributed by atoms with E-state index in [-0.39, 0.29) is 22.3 Å². The number of sulfone groups is 1. The van der Waals surface area contributed by atoms with E-state index in [1.807, 2.05) is 55.5 Å². The van der Waals surface area contributed by atoms with Crippen LogP contribution in [0.5, 0.6) is 0 Å². The standard InChI is InChI=1S/C31H35NO2S/c1-22(26-14-8-7-9-15-26)20-21-23(2)35(33,34)25(4)24(3)32-29-18-12-10-16-27(29)31(5,6)28-17-11-13-19-30(28)32/h7-22,24-25H,2H2,1,3-6H3/b21-20-/t22?,24-,25?/m1/s1. The lowest BCUT2D eigenvalue weighted by Crippen LogP contribution is -2.45. The van der Waals surface area contributed by atoms with Gasteiger partial charge in [-0.15, -0.1) is 0 Å². The molecule has 0 aliphatic carbocycles.